The fraction of sp³-hybridized carbons (Fsp3) is 0.154. The van der Waals surface area contributed by atoms with E-state index in [-0.39, 0.29) is 6.42 Å². The van der Waals surface area contributed by atoms with Gasteiger partial charge in [0.1, 0.15) is 12.6 Å². The monoisotopic (exact) mass is 509 g/mol. The van der Waals surface area contributed by atoms with E-state index in [2.05, 4.69) is 21.2 Å². The molecular formula is C26H24BrNO5. The SMILES string of the molecule is COc1cc(/C=C/C(=O)NC(Cc2ccccc2)C(=O)O)ccc1OCc1ccc(Br)cc1. The summed E-state index contributed by atoms with van der Waals surface area (Å²) >= 11 is 3.41. The first-order valence-electron chi connectivity index (χ1n) is 10.2. The van der Waals surface area contributed by atoms with Crippen LogP contribution < -0.4 is 14.8 Å². The molecule has 0 heterocycles. The maximum absolute atomic E-state index is 12.3. The van der Waals surface area contributed by atoms with Crippen molar-refractivity contribution in [3.8, 4) is 11.5 Å². The van der Waals surface area contributed by atoms with Crippen LogP contribution in [0.25, 0.3) is 6.08 Å². The van der Waals surface area contributed by atoms with E-state index in [0.29, 0.717) is 23.7 Å². The molecular weight excluding hydrogens is 486 g/mol. The quantitative estimate of drug-likeness (QED) is 0.381. The lowest BCUT2D eigenvalue weighted by Crippen LogP contribution is -2.41. The average Bonchev–Trinajstić information content (AvgIpc) is 2.82. The van der Waals surface area contributed by atoms with E-state index < -0.39 is 17.9 Å². The maximum atomic E-state index is 12.3. The van der Waals surface area contributed by atoms with E-state index >= 15 is 0 Å². The highest BCUT2D eigenvalue weighted by atomic mass is 79.9. The van der Waals surface area contributed by atoms with Crippen LogP contribution in [-0.2, 0) is 22.6 Å². The number of hydrogen-bond donors (Lipinski definition) is 2. The van der Waals surface area contributed by atoms with Gasteiger partial charge in [0.05, 0.1) is 7.11 Å². The molecule has 3 aromatic rings. The predicted molar refractivity (Wildman–Crippen MR) is 130 cm³/mol. The molecule has 0 saturated carbocycles. The van der Waals surface area contributed by atoms with Gasteiger partial charge in [-0.25, -0.2) is 4.79 Å². The first kappa shape index (κ1) is 24.1. The molecule has 0 aromatic heterocycles. The smallest absolute Gasteiger partial charge is 0.326 e. The van der Waals surface area contributed by atoms with Gasteiger partial charge >= 0.3 is 5.97 Å². The van der Waals surface area contributed by atoms with Gasteiger partial charge in [0.15, 0.2) is 11.5 Å². The Bertz CT molecular complexity index is 1110. The number of hydrogen-bond acceptors (Lipinski definition) is 4. The number of carboxylic acids is 1. The Kier molecular flexibility index (Phi) is 8.66. The van der Waals surface area contributed by atoms with Gasteiger partial charge in [-0.3, -0.25) is 4.79 Å². The number of aliphatic carboxylic acids is 1. The Morgan fingerprint density at radius 3 is 2.39 bits per heavy atom. The van der Waals surface area contributed by atoms with Gasteiger partial charge in [0, 0.05) is 17.0 Å². The van der Waals surface area contributed by atoms with Crippen molar-refractivity contribution < 1.29 is 24.2 Å². The third-order valence-electron chi connectivity index (χ3n) is 4.82. The van der Waals surface area contributed by atoms with Gasteiger partial charge in [-0.05, 0) is 47.0 Å². The van der Waals surface area contributed by atoms with E-state index in [4.69, 9.17) is 9.47 Å². The van der Waals surface area contributed by atoms with Gasteiger partial charge in [0.25, 0.3) is 0 Å². The van der Waals surface area contributed by atoms with Crippen LogP contribution in [0.4, 0.5) is 0 Å². The lowest BCUT2D eigenvalue weighted by atomic mass is 10.1. The molecule has 0 aliphatic rings. The van der Waals surface area contributed by atoms with Gasteiger partial charge in [-0.15, -0.1) is 0 Å². The summed E-state index contributed by atoms with van der Waals surface area (Å²) in [5.74, 6) is -0.472. The molecule has 7 heteroatoms. The predicted octanol–water partition coefficient (Wildman–Crippen LogP) is 4.86. The van der Waals surface area contributed by atoms with E-state index in [0.717, 1.165) is 15.6 Å². The normalized spacial score (nSPS) is 11.7. The lowest BCUT2D eigenvalue weighted by Gasteiger charge is -2.13. The number of carbonyl (C=O) groups is 2. The first-order chi connectivity index (χ1) is 15.9. The number of nitrogens with one attached hydrogen (secondary N) is 1. The lowest BCUT2D eigenvalue weighted by molar-refractivity contribution is -0.141. The van der Waals surface area contributed by atoms with E-state index in [1.54, 1.807) is 31.4 Å². The maximum Gasteiger partial charge on any atom is 0.326 e. The molecule has 0 aliphatic heterocycles. The second-order valence-electron chi connectivity index (χ2n) is 7.25. The molecule has 33 heavy (non-hydrogen) atoms. The van der Waals surface area contributed by atoms with Crippen LogP contribution in [0.15, 0.2) is 83.3 Å². The highest BCUT2D eigenvalue weighted by Gasteiger charge is 2.19. The number of carboxylic acid groups (broad SMARTS) is 1. The zero-order valence-electron chi connectivity index (χ0n) is 18.0. The summed E-state index contributed by atoms with van der Waals surface area (Å²) in [6, 6.07) is 21.3. The number of carbonyl (C=O) groups excluding carboxylic acids is 1. The summed E-state index contributed by atoms with van der Waals surface area (Å²) < 4.78 is 12.3. The molecule has 1 unspecified atom stereocenters. The zero-order valence-corrected chi connectivity index (χ0v) is 19.6. The van der Waals surface area contributed by atoms with Crippen LogP contribution in [0.3, 0.4) is 0 Å². The second kappa shape index (κ2) is 11.9. The highest BCUT2D eigenvalue weighted by molar-refractivity contribution is 9.10. The van der Waals surface area contributed by atoms with Crippen molar-refractivity contribution in [1.82, 2.24) is 5.32 Å². The molecule has 2 N–H and O–H groups in total. The molecule has 0 radical (unpaired) electrons. The minimum Gasteiger partial charge on any atom is -0.493 e. The molecule has 0 aliphatic carbocycles. The van der Waals surface area contributed by atoms with Crippen molar-refractivity contribution in [1.29, 1.82) is 0 Å². The molecule has 3 rings (SSSR count). The Morgan fingerprint density at radius 2 is 1.73 bits per heavy atom. The third-order valence-corrected chi connectivity index (χ3v) is 5.35. The largest absolute Gasteiger partial charge is 0.493 e. The second-order valence-corrected chi connectivity index (χ2v) is 8.16. The van der Waals surface area contributed by atoms with Crippen LogP contribution in [0.2, 0.25) is 0 Å². The van der Waals surface area contributed by atoms with E-state index in [9.17, 15) is 14.7 Å². The summed E-state index contributed by atoms with van der Waals surface area (Å²) in [7, 11) is 1.54. The van der Waals surface area contributed by atoms with Crippen LogP contribution in [0, 0.1) is 0 Å². The Hall–Kier alpha value is -3.58. The molecule has 0 spiro atoms. The third kappa shape index (κ3) is 7.50. The molecule has 6 nitrogen and oxygen atoms in total. The number of amides is 1. The zero-order chi connectivity index (χ0) is 23.6. The molecule has 0 saturated heterocycles. The summed E-state index contributed by atoms with van der Waals surface area (Å²) in [5, 5.41) is 12.0. The number of benzene rings is 3. The summed E-state index contributed by atoms with van der Waals surface area (Å²) in [6.45, 7) is 0.388. The van der Waals surface area contributed by atoms with Gasteiger partial charge in [0.2, 0.25) is 5.91 Å². The van der Waals surface area contributed by atoms with Crippen molar-refractivity contribution in [2.45, 2.75) is 19.1 Å². The molecule has 3 aromatic carbocycles. The Balaban J connectivity index is 1.61. The molecule has 1 amide bonds. The average molecular weight is 510 g/mol. The van der Waals surface area contributed by atoms with Crippen LogP contribution in [0.5, 0.6) is 11.5 Å². The van der Waals surface area contributed by atoms with Crippen molar-refractivity contribution in [3.63, 3.8) is 0 Å². The van der Waals surface area contributed by atoms with Crippen LogP contribution in [0.1, 0.15) is 16.7 Å². The molecule has 170 valence electrons. The van der Waals surface area contributed by atoms with E-state index in [1.165, 1.54) is 6.08 Å². The number of rotatable bonds is 10. The van der Waals surface area contributed by atoms with Crippen molar-refractivity contribution in [2.24, 2.45) is 0 Å². The van der Waals surface area contributed by atoms with Crippen LogP contribution in [-0.4, -0.2) is 30.1 Å². The number of methoxy groups -OCH3 is 1. The van der Waals surface area contributed by atoms with Crippen LogP contribution >= 0.6 is 15.9 Å². The van der Waals surface area contributed by atoms with Gasteiger partial charge in [-0.1, -0.05) is 64.5 Å². The minimum atomic E-state index is -1.09. The molecule has 1 atom stereocenters. The Labute approximate surface area is 201 Å². The number of ether oxygens (including phenoxy) is 2. The highest BCUT2D eigenvalue weighted by Crippen LogP contribution is 2.29. The summed E-state index contributed by atoms with van der Waals surface area (Å²) in [5.41, 5.74) is 2.56. The Morgan fingerprint density at radius 1 is 1.00 bits per heavy atom. The van der Waals surface area contributed by atoms with Gasteiger partial charge < -0.3 is 19.9 Å². The topological polar surface area (TPSA) is 84.9 Å². The van der Waals surface area contributed by atoms with Gasteiger partial charge in [-0.2, -0.15) is 0 Å². The number of halogens is 1. The van der Waals surface area contributed by atoms with Crippen molar-refractivity contribution >= 4 is 33.9 Å². The standard InChI is InChI=1S/C26H24BrNO5/c1-32-24-16-19(9-13-23(24)33-17-20-7-11-21(27)12-8-20)10-14-25(29)28-22(26(30)31)15-18-5-3-2-4-6-18/h2-14,16,22H,15,17H2,1H3,(H,28,29)(H,30,31)/b14-10+. The fourth-order valence-electron chi connectivity index (χ4n) is 3.09. The first-order valence-corrected chi connectivity index (χ1v) is 11.0. The molecule has 0 bridgehead atoms. The fourth-order valence-corrected chi connectivity index (χ4v) is 3.35. The summed E-state index contributed by atoms with van der Waals surface area (Å²) in [4.78, 5) is 23.8. The summed E-state index contributed by atoms with van der Waals surface area (Å²) in [6.07, 6.45) is 3.10. The minimum absolute atomic E-state index is 0.202. The van der Waals surface area contributed by atoms with Crippen molar-refractivity contribution in [2.75, 3.05) is 7.11 Å². The van der Waals surface area contributed by atoms with E-state index in [1.807, 2.05) is 54.6 Å². The van der Waals surface area contributed by atoms with Crippen molar-refractivity contribution in [3.05, 3.63) is 100 Å². The molecule has 0 fully saturated rings.